The topological polar surface area (TPSA) is 46.2 Å². The predicted molar refractivity (Wildman–Crippen MR) is 70.0 cm³/mol. The highest BCUT2D eigenvalue weighted by Gasteiger charge is 2.13. The molecule has 1 heterocycles. The van der Waals surface area contributed by atoms with Gasteiger partial charge in [0.1, 0.15) is 0 Å². The van der Waals surface area contributed by atoms with Gasteiger partial charge in [0.2, 0.25) is 0 Å². The fourth-order valence-electron chi connectivity index (χ4n) is 1.28. The van der Waals surface area contributed by atoms with E-state index in [2.05, 4.69) is 5.32 Å². The lowest BCUT2D eigenvalue weighted by Crippen LogP contribution is -2.32. The molecule has 0 aromatic carbocycles. The number of hydrogen-bond acceptors (Lipinski definition) is 4. The van der Waals surface area contributed by atoms with Crippen molar-refractivity contribution in [2.75, 3.05) is 11.5 Å². The van der Waals surface area contributed by atoms with Crippen LogP contribution in [-0.2, 0) is 16.4 Å². The summed E-state index contributed by atoms with van der Waals surface area (Å²) in [5.41, 5.74) is 0. The van der Waals surface area contributed by atoms with E-state index in [-0.39, 0.29) is 17.5 Å². The van der Waals surface area contributed by atoms with E-state index in [1.807, 2.05) is 19.1 Å². The molecule has 6 heteroatoms. The third-order valence-electron chi connectivity index (χ3n) is 2.20. The number of rotatable bonds is 6. The Bertz CT molecular complexity index is 428. The average molecular weight is 282 g/mol. The van der Waals surface area contributed by atoms with E-state index >= 15 is 0 Å². The van der Waals surface area contributed by atoms with Crippen LogP contribution in [0.3, 0.4) is 0 Å². The van der Waals surface area contributed by atoms with Gasteiger partial charge in [-0.15, -0.1) is 11.3 Å². The second kappa shape index (κ2) is 6.00. The number of thiophene rings is 1. The van der Waals surface area contributed by atoms with Crippen molar-refractivity contribution >= 4 is 32.8 Å². The summed E-state index contributed by atoms with van der Waals surface area (Å²) in [6.07, 6.45) is 0. The lowest BCUT2D eigenvalue weighted by atomic mass is 10.3. The van der Waals surface area contributed by atoms with Gasteiger partial charge in [-0.2, -0.15) is 0 Å². The Labute approximate surface area is 106 Å². The van der Waals surface area contributed by atoms with Gasteiger partial charge in [-0.05, 0) is 19.1 Å². The normalized spacial score (nSPS) is 13.9. The molecule has 0 aliphatic rings. The first kappa shape index (κ1) is 14.0. The van der Waals surface area contributed by atoms with E-state index in [0.29, 0.717) is 6.54 Å². The van der Waals surface area contributed by atoms with Crippen molar-refractivity contribution in [2.24, 2.45) is 0 Å². The summed E-state index contributed by atoms with van der Waals surface area (Å²) < 4.78 is 23.5. The van der Waals surface area contributed by atoms with Crippen LogP contribution in [0.4, 0.5) is 0 Å². The Balaban J connectivity index is 2.39. The van der Waals surface area contributed by atoms with E-state index in [0.717, 1.165) is 9.21 Å². The zero-order valence-corrected chi connectivity index (χ0v) is 11.8. The molecule has 0 saturated carbocycles. The van der Waals surface area contributed by atoms with E-state index < -0.39 is 9.84 Å². The van der Waals surface area contributed by atoms with Gasteiger partial charge in [-0.3, -0.25) is 0 Å². The first-order chi connectivity index (χ1) is 7.43. The molecule has 92 valence electrons. The molecule has 0 spiro atoms. The second-order valence-electron chi connectivity index (χ2n) is 3.69. The summed E-state index contributed by atoms with van der Waals surface area (Å²) in [4.78, 5) is 1.12. The minimum absolute atomic E-state index is 0.0363. The Kier molecular flexibility index (Phi) is 5.24. The molecule has 0 bridgehead atoms. The van der Waals surface area contributed by atoms with Crippen LogP contribution >= 0.6 is 22.9 Å². The Morgan fingerprint density at radius 1 is 1.50 bits per heavy atom. The van der Waals surface area contributed by atoms with Crippen molar-refractivity contribution in [3.63, 3.8) is 0 Å². The summed E-state index contributed by atoms with van der Waals surface area (Å²) in [6, 6.07) is 3.75. The van der Waals surface area contributed by atoms with Crippen LogP contribution in [0.25, 0.3) is 0 Å². The van der Waals surface area contributed by atoms with Crippen molar-refractivity contribution in [1.29, 1.82) is 0 Å². The van der Waals surface area contributed by atoms with Crippen LogP contribution in [0, 0.1) is 0 Å². The number of sulfone groups is 1. The maximum Gasteiger partial charge on any atom is 0.151 e. The van der Waals surface area contributed by atoms with Gasteiger partial charge < -0.3 is 5.32 Å². The molecular formula is C10H16ClNO2S2. The van der Waals surface area contributed by atoms with E-state index in [1.54, 1.807) is 6.92 Å². The molecule has 1 unspecified atom stereocenters. The summed E-state index contributed by atoms with van der Waals surface area (Å²) in [6.45, 7) is 4.21. The van der Waals surface area contributed by atoms with Crippen LogP contribution in [0.2, 0.25) is 4.34 Å². The van der Waals surface area contributed by atoms with E-state index in [4.69, 9.17) is 11.6 Å². The third-order valence-corrected chi connectivity index (χ3v) is 5.32. The molecule has 0 radical (unpaired) electrons. The second-order valence-corrected chi connectivity index (χ2v) is 7.88. The smallest absolute Gasteiger partial charge is 0.151 e. The van der Waals surface area contributed by atoms with Crippen LogP contribution in [0.1, 0.15) is 18.7 Å². The molecule has 0 saturated heterocycles. The molecule has 0 aliphatic heterocycles. The van der Waals surface area contributed by atoms with Crippen LogP contribution in [0.15, 0.2) is 12.1 Å². The summed E-state index contributed by atoms with van der Waals surface area (Å²) >= 11 is 7.31. The number of halogens is 1. The molecule has 0 amide bonds. The highest BCUT2D eigenvalue weighted by molar-refractivity contribution is 7.91. The molecule has 1 atom stereocenters. The number of nitrogens with one attached hydrogen (secondary N) is 1. The molecule has 1 rings (SSSR count). The lowest BCUT2D eigenvalue weighted by Gasteiger charge is -2.12. The summed E-state index contributed by atoms with van der Waals surface area (Å²) in [5.74, 6) is 0.381. The highest BCUT2D eigenvalue weighted by Crippen LogP contribution is 2.21. The van der Waals surface area contributed by atoms with Crippen LogP contribution in [-0.4, -0.2) is 26.0 Å². The minimum atomic E-state index is -2.90. The molecule has 1 aromatic rings. The lowest BCUT2D eigenvalue weighted by molar-refractivity contribution is 0.559. The standard InChI is InChI=1S/C10H16ClNO2S2/c1-3-16(13,14)7-8(2)12-6-9-4-5-10(11)15-9/h4-5,8,12H,3,6-7H2,1-2H3. The number of hydrogen-bond donors (Lipinski definition) is 1. The molecular weight excluding hydrogens is 266 g/mol. The first-order valence-corrected chi connectivity index (χ1v) is 8.12. The van der Waals surface area contributed by atoms with Gasteiger partial charge in [-0.1, -0.05) is 18.5 Å². The predicted octanol–water partition coefficient (Wildman–Crippen LogP) is 2.31. The van der Waals surface area contributed by atoms with Gasteiger partial charge in [-0.25, -0.2) is 8.42 Å². The van der Waals surface area contributed by atoms with Crippen molar-refractivity contribution in [3.8, 4) is 0 Å². The fourth-order valence-corrected chi connectivity index (χ4v) is 3.43. The SMILES string of the molecule is CCS(=O)(=O)CC(C)NCc1ccc(Cl)s1. The van der Waals surface area contributed by atoms with Crippen LogP contribution in [0.5, 0.6) is 0 Å². The maximum atomic E-state index is 11.4. The minimum Gasteiger partial charge on any atom is -0.308 e. The third kappa shape index (κ3) is 4.82. The van der Waals surface area contributed by atoms with Gasteiger partial charge in [0.25, 0.3) is 0 Å². The maximum absolute atomic E-state index is 11.4. The average Bonchev–Trinajstić information content (AvgIpc) is 2.61. The van der Waals surface area contributed by atoms with Crippen molar-refractivity contribution in [1.82, 2.24) is 5.32 Å². The highest BCUT2D eigenvalue weighted by atomic mass is 35.5. The Hall–Kier alpha value is -0.100. The molecule has 0 aliphatic carbocycles. The zero-order valence-electron chi connectivity index (χ0n) is 9.36. The quantitative estimate of drug-likeness (QED) is 0.870. The van der Waals surface area contributed by atoms with Gasteiger partial charge in [0.05, 0.1) is 10.1 Å². The van der Waals surface area contributed by atoms with Crippen molar-refractivity contribution in [3.05, 3.63) is 21.3 Å². The largest absolute Gasteiger partial charge is 0.308 e. The molecule has 1 aromatic heterocycles. The molecule has 0 fully saturated rings. The Morgan fingerprint density at radius 3 is 2.69 bits per heavy atom. The van der Waals surface area contributed by atoms with Gasteiger partial charge in [0, 0.05) is 23.2 Å². The van der Waals surface area contributed by atoms with Gasteiger partial charge >= 0.3 is 0 Å². The van der Waals surface area contributed by atoms with Gasteiger partial charge in [0.15, 0.2) is 9.84 Å². The Morgan fingerprint density at radius 2 is 2.19 bits per heavy atom. The van der Waals surface area contributed by atoms with Crippen molar-refractivity contribution < 1.29 is 8.42 Å². The molecule has 1 N–H and O–H groups in total. The van der Waals surface area contributed by atoms with E-state index in [9.17, 15) is 8.42 Å². The zero-order chi connectivity index (χ0) is 12.2. The first-order valence-electron chi connectivity index (χ1n) is 5.11. The van der Waals surface area contributed by atoms with Crippen molar-refractivity contribution in [2.45, 2.75) is 26.4 Å². The summed E-state index contributed by atoms with van der Waals surface area (Å²) in [7, 11) is -2.90. The fraction of sp³-hybridized carbons (Fsp3) is 0.600. The monoisotopic (exact) mass is 281 g/mol. The van der Waals surface area contributed by atoms with E-state index in [1.165, 1.54) is 11.3 Å². The molecule has 3 nitrogen and oxygen atoms in total. The van der Waals surface area contributed by atoms with Crippen LogP contribution < -0.4 is 5.32 Å². The summed E-state index contributed by atoms with van der Waals surface area (Å²) in [5, 5.41) is 3.18. The molecule has 16 heavy (non-hydrogen) atoms.